The molecule has 80 valence electrons. The first kappa shape index (κ1) is 10.5. The van der Waals surface area contributed by atoms with Gasteiger partial charge in [-0.05, 0) is 34.9 Å². The van der Waals surface area contributed by atoms with Crippen molar-refractivity contribution in [3.63, 3.8) is 0 Å². The number of hydrogen-bond acceptors (Lipinski definition) is 0. The van der Waals surface area contributed by atoms with Crippen LogP contribution in [0.4, 0.5) is 0 Å². The highest BCUT2D eigenvalue weighted by Crippen LogP contribution is 2.34. The molecular formula is C15H20. The molecule has 0 amide bonds. The first-order valence-corrected chi connectivity index (χ1v) is 5.92. The van der Waals surface area contributed by atoms with E-state index in [0.717, 1.165) is 6.42 Å². The van der Waals surface area contributed by atoms with Crippen molar-refractivity contribution in [1.29, 1.82) is 0 Å². The summed E-state index contributed by atoms with van der Waals surface area (Å²) in [5.74, 6) is 1.31. The van der Waals surface area contributed by atoms with E-state index in [4.69, 9.17) is 0 Å². The number of fused-ring (bicyclic) bond motifs is 1. The van der Waals surface area contributed by atoms with Crippen molar-refractivity contribution < 1.29 is 0 Å². The molecule has 1 aromatic rings. The minimum Gasteiger partial charge on any atom is -0.0626 e. The number of hydrogen-bond donors (Lipinski definition) is 0. The summed E-state index contributed by atoms with van der Waals surface area (Å²) >= 11 is 0. The van der Waals surface area contributed by atoms with Crippen molar-refractivity contribution in [3.05, 3.63) is 40.5 Å². The molecule has 15 heavy (non-hydrogen) atoms. The molecule has 1 aliphatic carbocycles. The zero-order valence-electron chi connectivity index (χ0n) is 10.2. The quantitative estimate of drug-likeness (QED) is 0.663. The van der Waals surface area contributed by atoms with Gasteiger partial charge in [-0.1, -0.05) is 57.5 Å². The molecule has 0 nitrogen and oxygen atoms in total. The average Bonchev–Trinajstić information content (AvgIpc) is 2.60. The van der Waals surface area contributed by atoms with Crippen molar-refractivity contribution >= 4 is 6.08 Å². The smallest absolute Gasteiger partial charge is 0.00552 e. The van der Waals surface area contributed by atoms with Gasteiger partial charge >= 0.3 is 0 Å². The maximum absolute atomic E-state index is 2.41. The third-order valence-electron chi connectivity index (χ3n) is 3.32. The maximum atomic E-state index is 2.41. The molecule has 0 spiro atoms. The minimum atomic E-state index is 0.628. The van der Waals surface area contributed by atoms with E-state index >= 15 is 0 Å². The molecular weight excluding hydrogens is 180 g/mol. The lowest BCUT2D eigenvalue weighted by atomic mass is 9.95. The molecule has 0 saturated heterocycles. The normalized spacial score (nSPS) is 14.7. The van der Waals surface area contributed by atoms with Crippen LogP contribution in [0.3, 0.4) is 0 Å². The van der Waals surface area contributed by atoms with Gasteiger partial charge in [-0.3, -0.25) is 0 Å². The predicted octanol–water partition coefficient (Wildman–Crippen LogP) is 4.41. The number of benzene rings is 1. The van der Waals surface area contributed by atoms with Crippen LogP contribution in [0.5, 0.6) is 0 Å². The Labute approximate surface area is 93.0 Å². The molecule has 1 aliphatic rings. The molecule has 0 radical (unpaired) electrons. The van der Waals surface area contributed by atoms with Gasteiger partial charge in [-0.15, -0.1) is 0 Å². The highest BCUT2D eigenvalue weighted by atomic mass is 14.2. The van der Waals surface area contributed by atoms with Gasteiger partial charge < -0.3 is 0 Å². The Balaban J connectivity index is 2.45. The second-order valence-electron chi connectivity index (χ2n) is 5.13. The first-order chi connectivity index (χ1) is 7.09. The summed E-state index contributed by atoms with van der Waals surface area (Å²) in [6.45, 7) is 9.12. The van der Waals surface area contributed by atoms with Crippen LogP contribution in [0.15, 0.2) is 23.8 Å². The van der Waals surface area contributed by atoms with Gasteiger partial charge in [0.05, 0.1) is 0 Å². The maximum Gasteiger partial charge on any atom is -0.00552 e. The third kappa shape index (κ3) is 1.86. The van der Waals surface area contributed by atoms with Crippen molar-refractivity contribution in [3.8, 4) is 0 Å². The van der Waals surface area contributed by atoms with Crippen LogP contribution < -0.4 is 0 Å². The minimum absolute atomic E-state index is 0.628. The Hall–Kier alpha value is -1.04. The lowest BCUT2D eigenvalue weighted by molar-refractivity contribution is 0.754. The lowest BCUT2D eigenvalue weighted by Crippen LogP contribution is -1.94. The summed E-state index contributed by atoms with van der Waals surface area (Å²) in [4.78, 5) is 0. The molecule has 2 rings (SSSR count). The molecule has 0 fully saturated rings. The fourth-order valence-corrected chi connectivity index (χ4v) is 2.29. The molecule has 0 unspecified atom stereocenters. The summed E-state index contributed by atoms with van der Waals surface area (Å²) in [7, 11) is 0. The number of rotatable bonds is 2. The van der Waals surface area contributed by atoms with E-state index < -0.39 is 0 Å². The summed E-state index contributed by atoms with van der Waals surface area (Å²) in [5.41, 5.74) is 6.10. The van der Waals surface area contributed by atoms with E-state index in [-0.39, 0.29) is 0 Å². The van der Waals surface area contributed by atoms with Crippen LogP contribution in [0.25, 0.3) is 6.08 Å². The average molecular weight is 200 g/mol. The van der Waals surface area contributed by atoms with E-state index in [1.165, 1.54) is 16.7 Å². The van der Waals surface area contributed by atoms with E-state index in [2.05, 4.69) is 52.0 Å². The standard InChI is InChI=1S/C15H20/c1-10(2)13-8-12-6-5-7-14(11(3)4)15(12)9-13/h5-7,9-11H,8H2,1-4H3. The molecule has 0 heteroatoms. The summed E-state index contributed by atoms with van der Waals surface area (Å²) in [6, 6.07) is 6.74. The molecule has 0 atom stereocenters. The van der Waals surface area contributed by atoms with Gasteiger partial charge in [0.15, 0.2) is 0 Å². The van der Waals surface area contributed by atoms with E-state index in [0.29, 0.717) is 11.8 Å². The van der Waals surface area contributed by atoms with E-state index in [1.54, 1.807) is 5.57 Å². The van der Waals surface area contributed by atoms with E-state index in [1.807, 2.05) is 0 Å². The SMILES string of the molecule is CC(C)C1=Cc2c(cccc2C(C)C)C1. The van der Waals surface area contributed by atoms with E-state index in [9.17, 15) is 0 Å². The van der Waals surface area contributed by atoms with Gasteiger partial charge in [0.25, 0.3) is 0 Å². The molecule has 0 N–H and O–H groups in total. The van der Waals surface area contributed by atoms with Gasteiger partial charge in [-0.25, -0.2) is 0 Å². The van der Waals surface area contributed by atoms with Crippen LogP contribution in [0, 0.1) is 5.92 Å². The topological polar surface area (TPSA) is 0 Å². The molecule has 0 heterocycles. The Kier molecular flexibility index (Phi) is 2.68. The summed E-state index contributed by atoms with van der Waals surface area (Å²) in [6.07, 6.45) is 3.57. The zero-order chi connectivity index (χ0) is 11.0. The molecule has 0 saturated carbocycles. The van der Waals surface area contributed by atoms with Gasteiger partial charge in [-0.2, -0.15) is 0 Å². The molecule has 1 aromatic carbocycles. The second kappa shape index (κ2) is 3.84. The number of allylic oxidation sites excluding steroid dienone is 1. The molecule has 0 aromatic heterocycles. The highest BCUT2D eigenvalue weighted by molar-refractivity contribution is 5.67. The molecule has 0 bridgehead atoms. The zero-order valence-corrected chi connectivity index (χ0v) is 10.2. The molecule has 0 aliphatic heterocycles. The van der Waals surface area contributed by atoms with Crippen molar-refractivity contribution in [2.24, 2.45) is 5.92 Å². The Morgan fingerprint density at radius 1 is 1.00 bits per heavy atom. The summed E-state index contributed by atoms with van der Waals surface area (Å²) < 4.78 is 0. The van der Waals surface area contributed by atoms with Crippen molar-refractivity contribution in [2.45, 2.75) is 40.0 Å². The van der Waals surface area contributed by atoms with Crippen LogP contribution in [-0.2, 0) is 6.42 Å². The lowest BCUT2D eigenvalue weighted by Gasteiger charge is -2.10. The van der Waals surface area contributed by atoms with Crippen LogP contribution in [-0.4, -0.2) is 0 Å². The first-order valence-electron chi connectivity index (χ1n) is 5.92. The second-order valence-corrected chi connectivity index (χ2v) is 5.13. The fraction of sp³-hybridized carbons (Fsp3) is 0.467. The third-order valence-corrected chi connectivity index (χ3v) is 3.32. The van der Waals surface area contributed by atoms with Gasteiger partial charge in [0.2, 0.25) is 0 Å². The van der Waals surface area contributed by atoms with Crippen LogP contribution in [0.1, 0.15) is 50.3 Å². The van der Waals surface area contributed by atoms with Gasteiger partial charge in [0, 0.05) is 0 Å². The van der Waals surface area contributed by atoms with Gasteiger partial charge in [0.1, 0.15) is 0 Å². The fourth-order valence-electron chi connectivity index (χ4n) is 2.29. The van der Waals surface area contributed by atoms with Crippen molar-refractivity contribution in [2.75, 3.05) is 0 Å². The largest absolute Gasteiger partial charge is 0.0626 e. The van der Waals surface area contributed by atoms with Crippen LogP contribution in [0.2, 0.25) is 0 Å². The Bertz CT molecular complexity index is 394. The monoisotopic (exact) mass is 200 g/mol. The Morgan fingerprint density at radius 2 is 1.73 bits per heavy atom. The predicted molar refractivity (Wildman–Crippen MR) is 67.1 cm³/mol. The van der Waals surface area contributed by atoms with Crippen molar-refractivity contribution in [1.82, 2.24) is 0 Å². The van der Waals surface area contributed by atoms with Crippen LogP contribution >= 0.6 is 0 Å². The highest BCUT2D eigenvalue weighted by Gasteiger charge is 2.18. The summed E-state index contributed by atoms with van der Waals surface area (Å²) in [5, 5.41) is 0. The Morgan fingerprint density at radius 3 is 2.33 bits per heavy atom.